The molecule has 0 amide bonds. The van der Waals surface area contributed by atoms with Crippen molar-refractivity contribution >= 4 is 0 Å². The molecule has 0 spiro atoms. The first-order chi connectivity index (χ1) is 11.3. The molecular weight excluding hydrogens is 365 g/mol. The summed E-state index contributed by atoms with van der Waals surface area (Å²) >= 11 is 0. The summed E-state index contributed by atoms with van der Waals surface area (Å²) in [5.41, 5.74) is 4.06. The molecule has 1 saturated carbocycles. The Labute approximate surface area is 173 Å². The third-order valence-corrected chi connectivity index (χ3v) is 5.47. The molecule has 0 aromatic heterocycles. The molecule has 0 heterocycles. The summed E-state index contributed by atoms with van der Waals surface area (Å²) in [6.07, 6.45) is 11.3. The van der Waals surface area contributed by atoms with Crippen molar-refractivity contribution in [3.05, 3.63) is 60.2 Å². The molecule has 0 N–H and O–H groups in total. The second-order valence-electron chi connectivity index (χ2n) is 7.36. The van der Waals surface area contributed by atoms with Crippen LogP contribution in [-0.4, -0.2) is 0 Å². The van der Waals surface area contributed by atoms with Gasteiger partial charge in [0.2, 0.25) is 0 Å². The fourth-order valence-corrected chi connectivity index (χ4v) is 3.82. The molecule has 1 aliphatic rings. The van der Waals surface area contributed by atoms with E-state index in [1.165, 1.54) is 68.1 Å². The van der Waals surface area contributed by atoms with E-state index in [1.807, 2.05) is 12.1 Å². The number of benzene rings is 2. The van der Waals surface area contributed by atoms with Crippen LogP contribution in [0.2, 0.25) is 0 Å². The molecule has 0 atom stereocenters. The molecule has 1 heteroatoms. The van der Waals surface area contributed by atoms with Crippen molar-refractivity contribution in [1.29, 1.82) is 0 Å². The van der Waals surface area contributed by atoms with Crippen molar-refractivity contribution in [3.8, 4) is 11.1 Å². The van der Waals surface area contributed by atoms with Crippen LogP contribution in [0.1, 0.15) is 57.4 Å². The molecule has 1 aliphatic carbocycles. The van der Waals surface area contributed by atoms with E-state index < -0.39 is 0 Å². The Morgan fingerprint density at radius 2 is 1.46 bits per heavy atom. The zero-order valence-corrected chi connectivity index (χ0v) is 17.8. The maximum atomic E-state index is 3.08. The Morgan fingerprint density at radius 3 is 2.12 bits per heavy atom. The first kappa shape index (κ1) is 19.9. The van der Waals surface area contributed by atoms with E-state index in [4.69, 9.17) is 0 Å². The number of aryl methyl sites for hydroxylation is 1. The van der Waals surface area contributed by atoms with Gasteiger partial charge in [-0.25, -0.2) is 0 Å². The molecule has 0 bridgehead atoms. The standard InChI is InChI=1S/C23H29.Y/c1-19-11-13-20(14-12-19)7-5-6-8-21-15-17-23(18-16-21)22-9-3-2-4-10-22;/h3-4,9-10,15-20H,5-8,11-14H2,1H3;/q-1;. The average Bonchev–Trinajstić information content (AvgIpc) is 2.62. The van der Waals surface area contributed by atoms with E-state index >= 15 is 0 Å². The van der Waals surface area contributed by atoms with Crippen LogP contribution in [-0.2, 0) is 39.1 Å². The van der Waals surface area contributed by atoms with Crippen molar-refractivity contribution < 1.29 is 32.7 Å². The van der Waals surface area contributed by atoms with Gasteiger partial charge in [-0.15, -0.1) is 5.56 Å². The van der Waals surface area contributed by atoms with Gasteiger partial charge in [0.25, 0.3) is 0 Å². The van der Waals surface area contributed by atoms with Crippen molar-refractivity contribution in [3.63, 3.8) is 0 Å². The van der Waals surface area contributed by atoms with Crippen molar-refractivity contribution in [2.75, 3.05) is 0 Å². The molecule has 0 unspecified atom stereocenters. The van der Waals surface area contributed by atoms with Gasteiger partial charge in [0.1, 0.15) is 0 Å². The predicted molar refractivity (Wildman–Crippen MR) is 99.4 cm³/mol. The minimum atomic E-state index is 0. The van der Waals surface area contributed by atoms with Gasteiger partial charge in [0.05, 0.1) is 0 Å². The zero-order valence-electron chi connectivity index (χ0n) is 15.0. The van der Waals surface area contributed by atoms with Gasteiger partial charge in [-0.2, -0.15) is 30.3 Å². The first-order valence-electron chi connectivity index (χ1n) is 9.36. The summed E-state index contributed by atoms with van der Waals surface area (Å²) in [6.45, 7) is 2.41. The fraction of sp³-hybridized carbons (Fsp3) is 0.478. The van der Waals surface area contributed by atoms with Gasteiger partial charge in [0, 0.05) is 32.7 Å². The van der Waals surface area contributed by atoms with Gasteiger partial charge in [-0.05, 0) is 35.8 Å². The van der Waals surface area contributed by atoms with Gasteiger partial charge >= 0.3 is 0 Å². The Bertz CT molecular complexity index is 565. The molecule has 1 radical (unpaired) electrons. The average molecular weight is 394 g/mol. The summed E-state index contributed by atoms with van der Waals surface area (Å²) in [5.74, 6) is 2.00. The monoisotopic (exact) mass is 394 g/mol. The fourth-order valence-electron chi connectivity index (χ4n) is 3.82. The molecule has 3 rings (SSSR count). The molecule has 0 aliphatic heterocycles. The van der Waals surface area contributed by atoms with Gasteiger partial charge < -0.3 is 0 Å². The topological polar surface area (TPSA) is 0 Å². The zero-order chi connectivity index (χ0) is 15.9. The second kappa shape index (κ2) is 10.5. The summed E-state index contributed by atoms with van der Waals surface area (Å²) in [4.78, 5) is 0. The summed E-state index contributed by atoms with van der Waals surface area (Å²) in [6, 6.07) is 20.4. The molecule has 24 heavy (non-hydrogen) atoms. The van der Waals surface area contributed by atoms with E-state index in [0.717, 1.165) is 11.8 Å². The minimum absolute atomic E-state index is 0. The van der Waals surface area contributed by atoms with Crippen LogP contribution in [0, 0.1) is 17.9 Å². The Kier molecular flexibility index (Phi) is 8.70. The second-order valence-corrected chi connectivity index (χ2v) is 7.36. The van der Waals surface area contributed by atoms with Crippen LogP contribution >= 0.6 is 0 Å². The Balaban J connectivity index is 0.00000208. The van der Waals surface area contributed by atoms with Crippen LogP contribution in [0.3, 0.4) is 0 Å². The van der Waals surface area contributed by atoms with Crippen LogP contribution in [0.5, 0.6) is 0 Å². The first-order valence-corrected chi connectivity index (χ1v) is 9.36. The Hall–Kier alpha value is -0.456. The summed E-state index contributed by atoms with van der Waals surface area (Å²) in [7, 11) is 0. The molecule has 0 nitrogen and oxygen atoms in total. The molecule has 125 valence electrons. The molecule has 0 saturated heterocycles. The third-order valence-electron chi connectivity index (χ3n) is 5.47. The van der Waals surface area contributed by atoms with Gasteiger partial charge in [-0.3, -0.25) is 0 Å². The normalized spacial score (nSPS) is 20.4. The SMILES string of the molecule is CC1CCC(CCCCc2ccc(-c3cc[c-]cc3)cc2)CC1.[Y]. The summed E-state index contributed by atoms with van der Waals surface area (Å²) in [5, 5.41) is 0. The molecule has 1 fully saturated rings. The maximum Gasteiger partial charge on any atom is 0 e. The quantitative estimate of drug-likeness (QED) is 0.378. The van der Waals surface area contributed by atoms with Crippen LogP contribution in [0.25, 0.3) is 11.1 Å². The van der Waals surface area contributed by atoms with E-state index in [0.29, 0.717) is 0 Å². The van der Waals surface area contributed by atoms with Crippen LogP contribution in [0.4, 0.5) is 0 Å². The van der Waals surface area contributed by atoms with Gasteiger partial charge in [-0.1, -0.05) is 69.7 Å². The summed E-state index contributed by atoms with van der Waals surface area (Å²) < 4.78 is 0. The van der Waals surface area contributed by atoms with Crippen LogP contribution in [0.15, 0.2) is 48.5 Å². The number of hydrogen-bond donors (Lipinski definition) is 0. The predicted octanol–water partition coefficient (Wildman–Crippen LogP) is 6.69. The van der Waals surface area contributed by atoms with Crippen molar-refractivity contribution in [2.24, 2.45) is 11.8 Å². The third kappa shape index (κ3) is 6.12. The van der Waals surface area contributed by atoms with Crippen molar-refractivity contribution in [2.45, 2.75) is 58.3 Å². The van der Waals surface area contributed by atoms with Gasteiger partial charge in [0.15, 0.2) is 0 Å². The van der Waals surface area contributed by atoms with Crippen molar-refractivity contribution in [1.82, 2.24) is 0 Å². The van der Waals surface area contributed by atoms with E-state index in [1.54, 1.807) is 0 Å². The Morgan fingerprint density at radius 1 is 0.833 bits per heavy atom. The number of unbranched alkanes of at least 4 members (excludes halogenated alkanes) is 1. The maximum absolute atomic E-state index is 3.08. The molecule has 2 aromatic rings. The number of rotatable bonds is 6. The largest absolute Gasteiger partial charge is 0.184 e. The minimum Gasteiger partial charge on any atom is -0.184 e. The smallest absolute Gasteiger partial charge is 0 e. The number of hydrogen-bond acceptors (Lipinski definition) is 0. The van der Waals surface area contributed by atoms with Crippen LogP contribution < -0.4 is 0 Å². The van der Waals surface area contributed by atoms with E-state index in [2.05, 4.69) is 49.4 Å². The molecule has 2 aromatic carbocycles. The molecular formula is C23H29Y-. The van der Waals surface area contributed by atoms with E-state index in [-0.39, 0.29) is 32.7 Å². The van der Waals surface area contributed by atoms with E-state index in [9.17, 15) is 0 Å².